The maximum Gasteiger partial charge on any atom is 0.238 e. The summed E-state index contributed by atoms with van der Waals surface area (Å²) in [6.45, 7) is 4.40. The number of benzene rings is 1. The third kappa shape index (κ3) is 4.58. The highest BCUT2D eigenvalue weighted by Gasteiger charge is 2.07. The zero-order valence-electron chi connectivity index (χ0n) is 9.63. The second-order valence-corrected chi connectivity index (χ2v) is 4.23. The molecule has 0 aliphatic carbocycles. The monoisotopic (exact) mass is 298 g/mol. The summed E-state index contributed by atoms with van der Waals surface area (Å²) in [6, 6.07) is 5.44. The van der Waals surface area contributed by atoms with Gasteiger partial charge in [0.25, 0.3) is 0 Å². The molecule has 1 aromatic carbocycles. The minimum atomic E-state index is -0.122. The lowest BCUT2D eigenvalue weighted by Gasteiger charge is -2.10. The van der Waals surface area contributed by atoms with Gasteiger partial charge in [-0.1, -0.05) is 22.0 Å². The number of anilines is 1. The number of carbonyl (C=O) groups excluding carboxylic acids is 1. The van der Waals surface area contributed by atoms with Crippen LogP contribution in [0, 0.1) is 0 Å². The molecule has 1 rings (SSSR count). The lowest BCUT2D eigenvalue weighted by Crippen LogP contribution is -2.28. The van der Waals surface area contributed by atoms with Crippen molar-refractivity contribution in [2.24, 2.45) is 0 Å². The lowest BCUT2D eigenvalue weighted by molar-refractivity contribution is -0.115. The number of hydrogen-bond donors (Lipinski definition) is 2. The first kappa shape index (κ1) is 13.7. The smallest absolute Gasteiger partial charge is 0.238 e. The molecule has 1 aromatic rings. The van der Waals surface area contributed by atoms with Crippen molar-refractivity contribution in [3.63, 3.8) is 0 Å². The Labute approximate surface area is 109 Å². The zero-order chi connectivity index (χ0) is 12.7. The number of carbonyl (C=O) groups is 1. The first-order chi connectivity index (χ1) is 8.17. The highest BCUT2D eigenvalue weighted by Crippen LogP contribution is 2.27. The molecule has 0 spiro atoms. The van der Waals surface area contributed by atoms with Crippen LogP contribution in [0.25, 0.3) is 0 Å². The summed E-state index contributed by atoms with van der Waals surface area (Å²) in [7, 11) is 1.56. The second-order valence-electron chi connectivity index (χ2n) is 3.31. The summed E-state index contributed by atoms with van der Waals surface area (Å²) in [4.78, 5) is 11.6. The van der Waals surface area contributed by atoms with Crippen LogP contribution in [-0.4, -0.2) is 26.1 Å². The standard InChI is InChI=1S/C12H15BrN2O2/c1-3-6-14-8-12(16)15-10-7-9(13)4-5-11(10)17-2/h3-5,7,14H,1,6,8H2,2H3,(H,15,16). The second kappa shape index (κ2) is 7.09. The summed E-state index contributed by atoms with van der Waals surface area (Å²) in [5, 5.41) is 5.69. The van der Waals surface area contributed by atoms with Crippen LogP contribution < -0.4 is 15.4 Å². The van der Waals surface area contributed by atoms with Gasteiger partial charge in [0, 0.05) is 11.0 Å². The fourth-order valence-electron chi connectivity index (χ4n) is 1.26. The van der Waals surface area contributed by atoms with E-state index >= 15 is 0 Å². The highest BCUT2D eigenvalue weighted by atomic mass is 79.9. The van der Waals surface area contributed by atoms with E-state index in [1.54, 1.807) is 25.3 Å². The number of hydrogen-bond acceptors (Lipinski definition) is 3. The highest BCUT2D eigenvalue weighted by molar-refractivity contribution is 9.10. The van der Waals surface area contributed by atoms with Crippen LogP contribution in [0.1, 0.15) is 0 Å². The molecule has 92 valence electrons. The van der Waals surface area contributed by atoms with Crippen molar-refractivity contribution < 1.29 is 9.53 Å². The third-order valence-electron chi connectivity index (χ3n) is 2.01. The molecule has 0 bridgehead atoms. The number of ether oxygens (including phenoxy) is 1. The Morgan fingerprint density at radius 1 is 1.59 bits per heavy atom. The van der Waals surface area contributed by atoms with E-state index in [0.717, 1.165) is 4.47 Å². The minimum Gasteiger partial charge on any atom is -0.495 e. The minimum absolute atomic E-state index is 0.122. The predicted octanol–water partition coefficient (Wildman–Crippen LogP) is 2.17. The van der Waals surface area contributed by atoms with Gasteiger partial charge in [0.2, 0.25) is 5.91 Å². The molecule has 0 aliphatic heterocycles. The quantitative estimate of drug-likeness (QED) is 0.625. The Bertz CT molecular complexity index is 407. The molecule has 5 heteroatoms. The number of rotatable bonds is 6. The molecule has 0 atom stereocenters. The molecule has 0 unspecified atom stereocenters. The SMILES string of the molecule is C=CCNCC(=O)Nc1cc(Br)ccc1OC. The van der Waals surface area contributed by atoms with Crippen molar-refractivity contribution in [1.29, 1.82) is 0 Å². The maximum absolute atomic E-state index is 11.6. The normalized spacial score (nSPS) is 9.76. The summed E-state index contributed by atoms with van der Waals surface area (Å²) in [5.41, 5.74) is 0.646. The van der Waals surface area contributed by atoms with Crippen LogP contribution >= 0.6 is 15.9 Å². The van der Waals surface area contributed by atoms with Gasteiger partial charge in [-0.15, -0.1) is 6.58 Å². The van der Waals surface area contributed by atoms with Crippen LogP contribution in [-0.2, 0) is 4.79 Å². The van der Waals surface area contributed by atoms with E-state index in [1.165, 1.54) is 0 Å². The van der Waals surface area contributed by atoms with Crippen molar-refractivity contribution in [1.82, 2.24) is 5.32 Å². The molecular weight excluding hydrogens is 284 g/mol. The van der Waals surface area contributed by atoms with Gasteiger partial charge in [-0.2, -0.15) is 0 Å². The molecule has 4 nitrogen and oxygen atoms in total. The summed E-state index contributed by atoms with van der Waals surface area (Å²) < 4.78 is 6.04. The molecule has 0 radical (unpaired) electrons. The van der Waals surface area contributed by atoms with E-state index in [9.17, 15) is 4.79 Å². The zero-order valence-corrected chi connectivity index (χ0v) is 11.2. The van der Waals surface area contributed by atoms with Gasteiger partial charge in [-0.25, -0.2) is 0 Å². The summed E-state index contributed by atoms with van der Waals surface area (Å²) in [5.74, 6) is 0.508. The Balaban J connectivity index is 2.63. The topological polar surface area (TPSA) is 50.4 Å². The summed E-state index contributed by atoms with van der Waals surface area (Å²) >= 11 is 3.34. The van der Waals surface area contributed by atoms with E-state index in [0.29, 0.717) is 18.0 Å². The van der Waals surface area contributed by atoms with Gasteiger partial charge in [0.15, 0.2) is 0 Å². The number of halogens is 1. The molecule has 2 N–H and O–H groups in total. The van der Waals surface area contributed by atoms with Gasteiger partial charge >= 0.3 is 0 Å². The molecule has 0 aliphatic rings. The van der Waals surface area contributed by atoms with E-state index in [2.05, 4.69) is 33.1 Å². The van der Waals surface area contributed by atoms with Crippen molar-refractivity contribution in [2.75, 3.05) is 25.5 Å². The molecule has 0 heterocycles. The molecule has 1 amide bonds. The lowest BCUT2D eigenvalue weighted by atomic mass is 10.3. The molecule has 0 saturated heterocycles. The predicted molar refractivity (Wildman–Crippen MR) is 72.4 cm³/mol. The Kier molecular flexibility index (Phi) is 5.72. The Morgan fingerprint density at radius 3 is 3.00 bits per heavy atom. The van der Waals surface area contributed by atoms with Crippen molar-refractivity contribution >= 4 is 27.5 Å². The van der Waals surface area contributed by atoms with Crippen LogP contribution in [0.2, 0.25) is 0 Å². The fourth-order valence-corrected chi connectivity index (χ4v) is 1.62. The van der Waals surface area contributed by atoms with E-state index in [1.807, 2.05) is 6.07 Å². The fraction of sp³-hybridized carbons (Fsp3) is 0.250. The molecular formula is C12H15BrN2O2. The van der Waals surface area contributed by atoms with Gasteiger partial charge in [0.1, 0.15) is 5.75 Å². The Morgan fingerprint density at radius 2 is 2.35 bits per heavy atom. The summed E-state index contributed by atoms with van der Waals surface area (Å²) in [6.07, 6.45) is 1.70. The average molecular weight is 299 g/mol. The average Bonchev–Trinajstić information content (AvgIpc) is 2.29. The van der Waals surface area contributed by atoms with E-state index in [-0.39, 0.29) is 12.5 Å². The number of nitrogens with one attached hydrogen (secondary N) is 2. The number of methoxy groups -OCH3 is 1. The van der Waals surface area contributed by atoms with Gasteiger partial charge in [-0.3, -0.25) is 4.79 Å². The van der Waals surface area contributed by atoms with Crippen molar-refractivity contribution in [2.45, 2.75) is 0 Å². The first-order valence-electron chi connectivity index (χ1n) is 5.12. The van der Waals surface area contributed by atoms with Crippen molar-refractivity contribution in [3.8, 4) is 5.75 Å². The molecule has 17 heavy (non-hydrogen) atoms. The van der Waals surface area contributed by atoms with E-state index < -0.39 is 0 Å². The molecule has 0 fully saturated rings. The third-order valence-corrected chi connectivity index (χ3v) is 2.50. The van der Waals surface area contributed by atoms with Gasteiger partial charge in [-0.05, 0) is 18.2 Å². The molecule has 0 aromatic heterocycles. The van der Waals surface area contributed by atoms with Crippen LogP contribution in [0.15, 0.2) is 35.3 Å². The molecule has 0 saturated carbocycles. The van der Waals surface area contributed by atoms with Crippen LogP contribution in [0.5, 0.6) is 5.75 Å². The van der Waals surface area contributed by atoms with Crippen LogP contribution in [0.4, 0.5) is 5.69 Å². The van der Waals surface area contributed by atoms with Gasteiger partial charge in [0.05, 0.1) is 19.3 Å². The maximum atomic E-state index is 11.6. The first-order valence-corrected chi connectivity index (χ1v) is 5.91. The largest absolute Gasteiger partial charge is 0.495 e. The number of amides is 1. The van der Waals surface area contributed by atoms with Crippen molar-refractivity contribution in [3.05, 3.63) is 35.3 Å². The van der Waals surface area contributed by atoms with Gasteiger partial charge < -0.3 is 15.4 Å². The Hall–Kier alpha value is -1.33. The van der Waals surface area contributed by atoms with Crippen LogP contribution in [0.3, 0.4) is 0 Å². The van der Waals surface area contributed by atoms with E-state index in [4.69, 9.17) is 4.74 Å².